The molecule has 2 atom stereocenters. The van der Waals surface area contributed by atoms with Crippen molar-refractivity contribution >= 4 is 17.7 Å². The predicted octanol–water partition coefficient (Wildman–Crippen LogP) is 2.24. The van der Waals surface area contributed by atoms with Gasteiger partial charge in [0, 0.05) is 13.1 Å². The average Bonchev–Trinajstić information content (AvgIpc) is 3.40. The molecule has 0 bridgehead atoms. The van der Waals surface area contributed by atoms with Crippen LogP contribution in [0.4, 0.5) is 0 Å². The lowest BCUT2D eigenvalue weighted by atomic mass is 10.1. The Morgan fingerprint density at radius 1 is 1.35 bits per heavy atom. The zero-order valence-corrected chi connectivity index (χ0v) is 14.7. The molecular weight excluding hydrogens is 308 g/mol. The summed E-state index contributed by atoms with van der Waals surface area (Å²) in [7, 11) is 0. The Balaban J connectivity index is 1.60. The van der Waals surface area contributed by atoms with Gasteiger partial charge in [-0.2, -0.15) is 11.8 Å². The van der Waals surface area contributed by atoms with Gasteiger partial charge in [-0.05, 0) is 43.3 Å². The van der Waals surface area contributed by atoms with E-state index < -0.39 is 0 Å². The van der Waals surface area contributed by atoms with Crippen molar-refractivity contribution in [1.29, 1.82) is 0 Å². The van der Waals surface area contributed by atoms with Crippen molar-refractivity contribution in [1.82, 2.24) is 10.6 Å². The number of hydrogen-bond donors (Lipinski definition) is 2. The van der Waals surface area contributed by atoms with Gasteiger partial charge in [-0.1, -0.05) is 30.3 Å². The zero-order chi connectivity index (χ0) is 16.3. The molecule has 1 aliphatic rings. The molecule has 0 saturated carbocycles. The summed E-state index contributed by atoms with van der Waals surface area (Å²) in [4.78, 5) is 12.3. The Labute approximate surface area is 143 Å². The highest BCUT2D eigenvalue weighted by Crippen LogP contribution is 2.08. The number of thioether (sulfide) groups is 1. The molecule has 4 nitrogen and oxygen atoms in total. The molecule has 0 aliphatic carbocycles. The molecule has 23 heavy (non-hydrogen) atoms. The van der Waals surface area contributed by atoms with E-state index in [4.69, 9.17) is 4.74 Å². The van der Waals surface area contributed by atoms with E-state index in [2.05, 4.69) is 41.2 Å². The largest absolute Gasteiger partial charge is 0.372 e. The molecule has 0 radical (unpaired) electrons. The van der Waals surface area contributed by atoms with Crippen molar-refractivity contribution in [3.63, 3.8) is 0 Å². The van der Waals surface area contributed by atoms with Gasteiger partial charge in [0.15, 0.2) is 0 Å². The summed E-state index contributed by atoms with van der Waals surface area (Å²) in [6.07, 6.45) is 6.44. The summed E-state index contributed by atoms with van der Waals surface area (Å²) >= 11 is 1.78. The van der Waals surface area contributed by atoms with Crippen molar-refractivity contribution in [3.05, 3.63) is 35.9 Å². The number of nitrogens with one attached hydrogen (secondary N) is 2. The molecule has 1 aromatic carbocycles. The highest BCUT2D eigenvalue weighted by molar-refractivity contribution is 7.98. The van der Waals surface area contributed by atoms with Crippen molar-refractivity contribution in [3.8, 4) is 0 Å². The molecule has 1 saturated heterocycles. The van der Waals surface area contributed by atoms with Gasteiger partial charge in [-0.3, -0.25) is 4.79 Å². The van der Waals surface area contributed by atoms with Crippen LogP contribution in [0.15, 0.2) is 30.3 Å². The summed E-state index contributed by atoms with van der Waals surface area (Å²) < 4.78 is 5.20. The highest BCUT2D eigenvalue weighted by atomic mass is 32.2. The quantitative estimate of drug-likeness (QED) is 0.454. The summed E-state index contributed by atoms with van der Waals surface area (Å²) in [5.74, 6) is 1.12. The number of benzene rings is 1. The Morgan fingerprint density at radius 2 is 2.13 bits per heavy atom. The van der Waals surface area contributed by atoms with Crippen LogP contribution < -0.4 is 10.6 Å². The number of rotatable bonds is 12. The van der Waals surface area contributed by atoms with E-state index in [9.17, 15) is 4.79 Å². The summed E-state index contributed by atoms with van der Waals surface area (Å²) in [5.41, 5.74) is 1.36. The number of epoxide rings is 1. The van der Waals surface area contributed by atoms with Crippen molar-refractivity contribution in [2.75, 3.05) is 31.7 Å². The fourth-order valence-corrected chi connectivity index (χ4v) is 2.93. The number of hydrogen-bond acceptors (Lipinski definition) is 4. The molecule has 0 spiro atoms. The molecule has 1 aliphatic heterocycles. The summed E-state index contributed by atoms with van der Waals surface area (Å²) in [6.45, 7) is 2.35. The first-order chi connectivity index (χ1) is 11.3. The molecule has 2 N–H and O–H groups in total. The highest BCUT2D eigenvalue weighted by Gasteiger charge is 2.25. The van der Waals surface area contributed by atoms with Gasteiger partial charge in [0.05, 0.1) is 18.8 Å². The van der Waals surface area contributed by atoms with E-state index in [1.165, 1.54) is 5.56 Å². The van der Waals surface area contributed by atoms with Crippen LogP contribution in [-0.2, 0) is 16.0 Å². The second-order valence-corrected chi connectivity index (χ2v) is 6.92. The molecule has 1 heterocycles. The lowest BCUT2D eigenvalue weighted by Gasteiger charge is -2.17. The van der Waals surface area contributed by atoms with Crippen LogP contribution in [0.25, 0.3) is 0 Å². The van der Waals surface area contributed by atoms with E-state index >= 15 is 0 Å². The summed E-state index contributed by atoms with van der Waals surface area (Å²) in [6, 6.07) is 10.4. The molecule has 128 valence electrons. The van der Waals surface area contributed by atoms with Gasteiger partial charge in [-0.15, -0.1) is 0 Å². The first-order valence-corrected chi connectivity index (χ1v) is 9.84. The van der Waals surface area contributed by atoms with E-state index in [1.54, 1.807) is 11.8 Å². The number of ether oxygens (including phenoxy) is 1. The monoisotopic (exact) mass is 336 g/mol. The minimum Gasteiger partial charge on any atom is -0.372 e. The maximum Gasteiger partial charge on any atom is 0.237 e. The Morgan fingerprint density at radius 3 is 2.83 bits per heavy atom. The Hall–Kier alpha value is -1.04. The first-order valence-electron chi connectivity index (χ1n) is 8.45. The van der Waals surface area contributed by atoms with E-state index in [0.717, 1.165) is 51.1 Å². The molecule has 2 rings (SSSR count). The maximum atomic E-state index is 12.3. The fourth-order valence-electron chi connectivity index (χ4n) is 2.45. The van der Waals surface area contributed by atoms with Crippen LogP contribution in [0.1, 0.15) is 24.8 Å². The van der Waals surface area contributed by atoms with Crippen LogP contribution in [0, 0.1) is 0 Å². The van der Waals surface area contributed by atoms with E-state index in [1.807, 2.05) is 6.07 Å². The molecule has 1 amide bonds. The van der Waals surface area contributed by atoms with Gasteiger partial charge < -0.3 is 15.4 Å². The van der Waals surface area contributed by atoms with Crippen LogP contribution in [0.2, 0.25) is 0 Å². The van der Waals surface area contributed by atoms with Crippen molar-refractivity contribution in [2.24, 2.45) is 0 Å². The van der Waals surface area contributed by atoms with Crippen LogP contribution in [0.5, 0.6) is 0 Å². The van der Waals surface area contributed by atoms with Gasteiger partial charge >= 0.3 is 0 Å². The third-order valence-electron chi connectivity index (χ3n) is 3.96. The smallest absolute Gasteiger partial charge is 0.237 e. The van der Waals surface area contributed by atoms with Crippen LogP contribution >= 0.6 is 11.8 Å². The van der Waals surface area contributed by atoms with Crippen molar-refractivity contribution in [2.45, 2.75) is 37.8 Å². The molecule has 0 aromatic heterocycles. The second-order valence-electron chi connectivity index (χ2n) is 5.93. The number of unbranched alkanes of at least 4 members (excludes halogenated alkanes) is 1. The average molecular weight is 337 g/mol. The van der Waals surface area contributed by atoms with Crippen molar-refractivity contribution < 1.29 is 9.53 Å². The molecular formula is C18H28N2O2S. The van der Waals surface area contributed by atoms with Gasteiger partial charge in [0.25, 0.3) is 0 Å². The van der Waals surface area contributed by atoms with E-state index in [0.29, 0.717) is 6.10 Å². The number of carbonyl (C=O) groups excluding carboxylic acids is 1. The van der Waals surface area contributed by atoms with Crippen LogP contribution in [0.3, 0.4) is 0 Å². The molecule has 1 aromatic rings. The lowest BCUT2D eigenvalue weighted by molar-refractivity contribution is -0.123. The van der Waals surface area contributed by atoms with Gasteiger partial charge in [-0.25, -0.2) is 0 Å². The second kappa shape index (κ2) is 10.7. The normalized spacial score (nSPS) is 17.7. The molecule has 5 heteroatoms. The molecule has 2 unspecified atom stereocenters. The zero-order valence-electron chi connectivity index (χ0n) is 13.9. The van der Waals surface area contributed by atoms with Gasteiger partial charge in [0.1, 0.15) is 0 Å². The number of amides is 1. The fraction of sp³-hybridized carbons (Fsp3) is 0.611. The number of carbonyl (C=O) groups is 1. The van der Waals surface area contributed by atoms with Crippen LogP contribution in [-0.4, -0.2) is 49.8 Å². The lowest BCUT2D eigenvalue weighted by Crippen LogP contribution is -2.46. The Bertz CT molecular complexity index is 452. The van der Waals surface area contributed by atoms with E-state index in [-0.39, 0.29) is 11.9 Å². The molecule has 1 fully saturated rings. The third kappa shape index (κ3) is 7.86. The standard InChI is InChI=1S/C18H28N2O2S/c1-23-12-10-17(20-13-16-14-22-16)18(21)19-11-6-5-9-15-7-3-2-4-8-15/h2-4,7-8,16-17,20H,5-6,9-14H2,1H3,(H,19,21). The Kier molecular flexibility index (Phi) is 8.50. The van der Waals surface area contributed by atoms with Gasteiger partial charge in [0.2, 0.25) is 5.91 Å². The SMILES string of the molecule is CSCCC(NCC1CO1)C(=O)NCCCCc1ccccc1. The topological polar surface area (TPSA) is 53.7 Å². The first kappa shape index (κ1) is 18.3. The minimum atomic E-state index is -0.0965. The third-order valence-corrected chi connectivity index (χ3v) is 4.60. The minimum absolute atomic E-state index is 0.0965. The number of aryl methyl sites for hydroxylation is 1. The maximum absolute atomic E-state index is 12.3. The predicted molar refractivity (Wildman–Crippen MR) is 96.9 cm³/mol. The summed E-state index contributed by atoms with van der Waals surface area (Å²) in [5, 5.41) is 6.40.